The minimum atomic E-state index is -0.224. The number of aryl methyl sites for hydroxylation is 1. The van der Waals surface area contributed by atoms with Gasteiger partial charge in [0.2, 0.25) is 0 Å². The number of anilines is 2. The van der Waals surface area contributed by atoms with Crippen molar-refractivity contribution < 1.29 is 4.79 Å². The van der Waals surface area contributed by atoms with Crippen LogP contribution in [0.4, 0.5) is 10.8 Å². The Balaban J connectivity index is 1.71. The van der Waals surface area contributed by atoms with Crippen LogP contribution in [0.1, 0.15) is 27.3 Å². The van der Waals surface area contributed by atoms with Crippen LogP contribution >= 0.6 is 34.0 Å². The SMILES string of the molecule is Nc1c(C(=O)Nc2nccs2)sc2nc3c(c(-c4cccs4)c12)CCC3. The Bertz CT molecular complexity index is 1110. The maximum absolute atomic E-state index is 12.7. The summed E-state index contributed by atoms with van der Waals surface area (Å²) in [6.45, 7) is 0. The number of nitrogens with zero attached hydrogens (tertiary/aromatic N) is 2. The minimum absolute atomic E-state index is 0.224. The van der Waals surface area contributed by atoms with Gasteiger partial charge in [-0.15, -0.1) is 34.0 Å². The van der Waals surface area contributed by atoms with E-state index in [4.69, 9.17) is 10.7 Å². The van der Waals surface area contributed by atoms with Crippen LogP contribution in [0, 0.1) is 0 Å². The number of thiazole rings is 1. The number of nitrogen functional groups attached to an aromatic ring is 1. The first kappa shape index (κ1) is 15.9. The third kappa shape index (κ3) is 2.45. The summed E-state index contributed by atoms with van der Waals surface area (Å²) < 4.78 is 0. The van der Waals surface area contributed by atoms with E-state index in [0.717, 1.165) is 35.2 Å². The number of rotatable bonds is 3. The van der Waals surface area contributed by atoms with E-state index in [0.29, 0.717) is 15.7 Å². The van der Waals surface area contributed by atoms with Gasteiger partial charge in [-0.05, 0) is 36.3 Å². The molecule has 26 heavy (non-hydrogen) atoms. The second-order valence-electron chi connectivity index (χ2n) is 6.06. The fourth-order valence-corrected chi connectivity index (χ4v) is 5.79. The molecule has 0 aromatic carbocycles. The van der Waals surface area contributed by atoms with Gasteiger partial charge in [0, 0.05) is 33.1 Å². The van der Waals surface area contributed by atoms with Gasteiger partial charge < -0.3 is 5.73 Å². The van der Waals surface area contributed by atoms with Crippen molar-refractivity contribution in [3.63, 3.8) is 0 Å². The lowest BCUT2D eigenvalue weighted by Crippen LogP contribution is -2.11. The predicted molar refractivity (Wildman–Crippen MR) is 109 cm³/mol. The number of thiophene rings is 2. The molecular weight excluding hydrogens is 384 g/mol. The van der Waals surface area contributed by atoms with Crippen molar-refractivity contribution in [2.75, 3.05) is 11.1 Å². The zero-order chi connectivity index (χ0) is 17.7. The fourth-order valence-electron chi connectivity index (χ4n) is 3.45. The molecule has 8 heteroatoms. The third-order valence-corrected chi connectivity index (χ3v) is 7.20. The van der Waals surface area contributed by atoms with E-state index in [-0.39, 0.29) is 5.91 Å². The topological polar surface area (TPSA) is 80.9 Å². The summed E-state index contributed by atoms with van der Waals surface area (Å²) in [5.41, 5.74) is 10.6. The Morgan fingerprint density at radius 3 is 2.92 bits per heavy atom. The molecule has 0 aliphatic heterocycles. The van der Waals surface area contributed by atoms with Gasteiger partial charge in [0.25, 0.3) is 5.91 Å². The van der Waals surface area contributed by atoms with Crippen LogP contribution in [0.3, 0.4) is 0 Å². The van der Waals surface area contributed by atoms with E-state index in [2.05, 4.69) is 21.7 Å². The number of hydrogen-bond acceptors (Lipinski definition) is 7. The fraction of sp³-hybridized carbons (Fsp3) is 0.167. The van der Waals surface area contributed by atoms with E-state index in [1.807, 2.05) is 11.4 Å². The number of aromatic nitrogens is 2. The molecule has 5 rings (SSSR count). The first-order chi connectivity index (χ1) is 12.7. The second-order valence-corrected chi connectivity index (χ2v) is 8.90. The first-order valence-corrected chi connectivity index (χ1v) is 10.8. The van der Waals surface area contributed by atoms with Crippen molar-refractivity contribution in [2.45, 2.75) is 19.3 Å². The van der Waals surface area contributed by atoms with Crippen molar-refractivity contribution in [3.8, 4) is 10.4 Å². The Labute approximate surface area is 161 Å². The molecule has 4 aromatic rings. The lowest BCUT2D eigenvalue weighted by molar-refractivity contribution is 0.103. The zero-order valence-electron chi connectivity index (χ0n) is 13.6. The summed E-state index contributed by atoms with van der Waals surface area (Å²) in [4.78, 5) is 24.2. The largest absolute Gasteiger partial charge is 0.397 e. The zero-order valence-corrected chi connectivity index (χ0v) is 16.1. The van der Waals surface area contributed by atoms with Gasteiger partial charge in [0.05, 0.1) is 5.69 Å². The molecule has 4 aromatic heterocycles. The number of carbonyl (C=O) groups excluding carboxylic acids is 1. The lowest BCUT2D eigenvalue weighted by Gasteiger charge is -2.09. The van der Waals surface area contributed by atoms with Crippen molar-refractivity contribution in [3.05, 3.63) is 45.2 Å². The van der Waals surface area contributed by atoms with E-state index in [9.17, 15) is 4.79 Å². The molecule has 1 amide bonds. The van der Waals surface area contributed by atoms with Crippen LogP contribution in [-0.4, -0.2) is 15.9 Å². The summed E-state index contributed by atoms with van der Waals surface area (Å²) in [5, 5.41) is 8.21. The molecule has 0 radical (unpaired) electrons. The van der Waals surface area contributed by atoms with E-state index < -0.39 is 0 Å². The summed E-state index contributed by atoms with van der Waals surface area (Å²) in [7, 11) is 0. The third-order valence-electron chi connectivity index (χ3n) is 4.53. The van der Waals surface area contributed by atoms with E-state index in [1.165, 1.54) is 38.7 Å². The quantitative estimate of drug-likeness (QED) is 0.519. The predicted octanol–water partition coefficient (Wildman–Crippen LogP) is 4.80. The van der Waals surface area contributed by atoms with Crippen LogP contribution in [-0.2, 0) is 12.8 Å². The second kappa shape index (κ2) is 6.15. The van der Waals surface area contributed by atoms with Gasteiger partial charge >= 0.3 is 0 Å². The Hall–Kier alpha value is -2.29. The molecule has 3 N–H and O–H groups in total. The van der Waals surface area contributed by atoms with Crippen molar-refractivity contribution >= 4 is 61.0 Å². The van der Waals surface area contributed by atoms with Crippen LogP contribution in [0.5, 0.6) is 0 Å². The molecule has 0 bridgehead atoms. The number of pyridine rings is 1. The van der Waals surface area contributed by atoms with Gasteiger partial charge in [-0.3, -0.25) is 10.1 Å². The highest BCUT2D eigenvalue weighted by molar-refractivity contribution is 7.21. The number of nitrogens with one attached hydrogen (secondary N) is 1. The number of fused-ring (bicyclic) bond motifs is 2. The van der Waals surface area contributed by atoms with Gasteiger partial charge in [-0.25, -0.2) is 9.97 Å². The van der Waals surface area contributed by atoms with Gasteiger partial charge in [-0.2, -0.15) is 0 Å². The number of carbonyl (C=O) groups is 1. The molecule has 0 atom stereocenters. The van der Waals surface area contributed by atoms with E-state index >= 15 is 0 Å². The van der Waals surface area contributed by atoms with Crippen LogP contribution in [0.2, 0.25) is 0 Å². The summed E-state index contributed by atoms with van der Waals surface area (Å²) in [6.07, 6.45) is 4.79. The molecule has 0 spiro atoms. The minimum Gasteiger partial charge on any atom is -0.397 e. The number of hydrogen-bond donors (Lipinski definition) is 2. The van der Waals surface area contributed by atoms with Gasteiger partial charge in [-0.1, -0.05) is 6.07 Å². The lowest BCUT2D eigenvalue weighted by atomic mass is 10.0. The highest BCUT2D eigenvalue weighted by Gasteiger charge is 2.27. The molecule has 0 saturated heterocycles. The summed E-state index contributed by atoms with van der Waals surface area (Å²) >= 11 is 4.45. The highest BCUT2D eigenvalue weighted by Crippen LogP contribution is 2.45. The molecule has 5 nitrogen and oxygen atoms in total. The molecule has 1 aliphatic carbocycles. The number of amides is 1. The maximum Gasteiger partial charge on any atom is 0.269 e. The first-order valence-electron chi connectivity index (χ1n) is 8.21. The van der Waals surface area contributed by atoms with Crippen molar-refractivity contribution in [1.82, 2.24) is 9.97 Å². The van der Waals surface area contributed by atoms with E-state index in [1.54, 1.807) is 17.5 Å². The smallest absolute Gasteiger partial charge is 0.269 e. The highest BCUT2D eigenvalue weighted by atomic mass is 32.1. The molecule has 4 heterocycles. The normalized spacial score (nSPS) is 13.2. The molecule has 130 valence electrons. The van der Waals surface area contributed by atoms with Crippen molar-refractivity contribution in [2.24, 2.45) is 0 Å². The average molecular weight is 399 g/mol. The Kier molecular flexibility index (Phi) is 3.77. The Morgan fingerprint density at radius 1 is 1.23 bits per heavy atom. The van der Waals surface area contributed by atoms with Gasteiger partial charge in [0.1, 0.15) is 9.71 Å². The average Bonchev–Trinajstić information content (AvgIpc) is 3.41. The van der Waals surface area contributed by atoms with Crippen LogP contribution in [0.25, 0.3) is 20.7 Å². The molecule has 0 fully saturated rings. The standard InChI is InChI=1S/C18H14N4OS3/c19-14-13-12(11-5-2-7-24-11)9-3-1-4-10(9)21-17(13)26-15(14)16(23)22-18-20-6-8-25-18/h2,5-8H,1,3-4,19H2,(H,20,22,23). The maximum atomic E-state index is 12.7. The van der Waals surface area contributed by atoms with Crippen LogP contribution in [0.15, 0.2) is 29.1 Å². The molecule has 0 saturated carbocycles. The molecule has 1 aliphatic rings. The molecule has 0 unspecified atom stereocenters. The summed E-state index contributed by atoms with van der Waals surface area (Å²) in [5.74, 6) is -0.224. The molecular formula is C18H14N4OS3. The Morgan fingerprint density at radius 2 is 2.15 bits per heavy atom. The van der Waals surface area contributed by atoms with Crippen molar-refractivity contribution in [1.29, 1.82) is 0 Å². The van der Waals surface area contributed by atoms with Gasteiger partial charge in [0.15, 0.2) is 5.13 Å². The number of nitrogens with two attached hydrogens (primary N) is 1. The van der Waals surface area contributed by atoms with Crippen LogP contribution < -0.4 is 11.1 Å². The monoisotopic (exact) mass is 398 g/mol. The summed E-state index contributed by atoms with van der Waals surface area (Å²) in [6, 6.07) is 4.16.